The minimum atomic E-state index is -2.82. The van der Waals surface area contributed by atoms with Crippen LogP contribution < -0.4 is 0 Å². The monoisotopic (exact) mass is 1190 g/mol. The van der Waals surface area contributed by atoms with Crippen LogP contribution in [-0.2, 0) is 94.6 Å². The molecule has 6 fully saturated rings. The van der Waals surface area contributed by atoms with E-state index in [1.54, 1.807) is 109 Å². The molecule has 14 nitrogen and oxygen atoms in total. The second kappa shape index (κ2) is 22.6. The van der Waals surface area contributed by atoms with Gasteiger partial charge in [0, 0.05) is 45.2 Å². The van der Waals surface area contributed by atoms with E-state index in [-0.39, 0.29) is 98.4 Å². The van der Waals surface area contributed by atoms with Gasteiger partial charge in [-0.05, 0) is 83.8 Å². The molecule has 14 rings (SSSR count). The van der Waals surface area contributed by atoms with Gasteiger partial charge in [0.15, 0.2) is 28.8 Å². The summed E-state index contributed by atoms with van der Waals surface area (Å²) in [6, 6.07) is 36.9. The van der Waals surface area contributed by atoms with Crippen molar-refractivity contribution in [2.75, 3.05) is 0 Å². The molecule has 0 aliphatic heterocycles. The maximum absolute atomic E-state index is 16.2. The van der Waals surface area contributed by atoms with Gasteiger partial charge < -0.3 is 18.9 Å². The molecule has 4 aromatic carbocycles. The standard InChI is InChI=1S/C70H62N2O12S2/c73-59-47-29-43-25-13-14-26-44(43)30-48(47)60(74)57(59)71-53-34-52-55(70(53,67(79)83-37-41-21-9-3-10-22-41)68(80)84-38-42-23-11-4-12-24-42)56-64(85-52)63-51(33-54(86-63)72-58-61(75)49-31-45-27-15-16-28-46(45)32-50(49)62(58)76)69(56,65(77)81-35-39-17-5-1-6-18-39)66(78)82-36-40-19-7-2-8-20-40/h1-12,17-24,33-34,43-50H,13-16,25-32,35-38H2. The topological polar surface area (TPSA) is 198 Å². The lowest BCUT2D eigenvalue weighted by atomic mass is 9.64. The van der Waals surface area contributed by atoms with Gasteiger partial charge in [-0.2, -0.15) is 0 Å². The van der Waals surface area contributed by atoms with Gasteiger partial charge in [-0.3, -0.25) is 38.4 Å². The van der Waals surface area contributed by atoms with Gasteiger partial charge in [-0.15, -0.1) is 22.7 Å². The van der Waals surface area contributed by atoms with Crippen LogP contribution in [0.5, 0.6) is 0 Å². The highest BCUT2D eigenvalue weighted by Crippen LogP contribution is 2.65. The molecule has 6 aromatic rings. The van der Waals surface area contributed by atoms with Gasteiger partial charge in [0.2, 0.25) is 10.8 Å². The molecule has 8 atom stereocenters. The van der Waals surface area contributed by atoms with Crippen molar-refractivity contribution >= 4 is 92.2 Å². The number of hydrogen-bond donors (Lipinski definition) is 0. The zero-order valence-electron chi connectivity index (χ0n) is 47.2. The Kier molecular flexibility index (Phi) is 14.7. The van der Waals surface area contributed by atoms with Crippen molar-refractivity contribution < 1.29 is 57.3 Å². The quantitative estimate of drug-likeness (QED) is 0.0569. The first-order valence-corrected chi connectivity index (χ1v) is 31.8. The fourth-order valence-corrected chi connectivity index (χ4v) is 18.2. The Balaban J connectivity index is 0.978. The number of hydrogen-bond acceptors (Lipinski definition) is 16. The Labute approximate surface area is 505 Å². The summed E-state index contributed by atoms with van der Waals surface area (Å²) in [6.45, 7) is -1.37. The second-order valence-electron chi connectivity index (χ2n) is 24.5. The van der Waals surface area contributed by atoms with E-state index in [4.69, 9.17) is 28.9 Å². The van der Waals surface area contributed by atoms with Crippen molar-refractivity contribution in [2.24, 2.45) is 57.3 Å². The smallest absolute Gasteiger partial charge is 0.334 e. The largest absolute Gasteiger partial charge is 0.459 e. The van der Waals surface area contributed by atoms with Crippen molar-refractivity contribution in [1.82, 2.24) is 0 Å². The molecule has 86 heavy (non-hydrogen) atoms. The van der Waals surface area contributed by atoms with Crippen LogP contribution in [0.2, 0.25) is 0 Å². The van der Waals surface area contributed by atoms with Crippen LogP contribution in [0, 0.1) is 47.3 Å². The summed E-state index contributed by atoms with van der Waals surface area (Å²) < 4.78 is 25.3. The predicted molar refractivity (Wildman–Crippen MR) is 321 cm³/mol. The maximum atomic E-state index is 16.2. The normalized spacial score (nSPS) is 25.3. The lowest BCUT2D eigenvalue weighted by molar-refractivity contribution is -0.167. The van der Waals surface area contributed by atoms with Crippen molar-refractivity contribution in [1.29, 1.82) is 0 Å². The molecule has 0 saturated heterocycles. The van der Waals surface area contributed by atoms with E-state index in [2.05, 4.69) is 0 Å². The van der Waals surface area contributed by atoms with Gasteiger partial charge in [0.25, 0.3) is 0 Å². The lowest BCUT2D eigenvalue weighted by Crippen LogP contribution is -2.51. The molecule has 436 valence electrons. The van der Waals surface area contributed by atoms with Gasteiger partial charge in [-0.1, -0.05) is 173 Å². The highest BCUT2D eigenvalue weighted by molar-refractivity contribution is 7.25. The number of esters is 4. The molecule has 8 unspecified atom stereocenters. The first-order chi connectivity index (χ1) is 41.9. The number of benzene rings is 4. The minimum absolute atomic E-state index is 0.0269. The molecule has 8 aliphatic carbocycles. The van der Waals surface area contributed by atoms with Crippen molar-refractivity contribution in [2.45, 2.75) is 114 Å². The summed E-state index contributed by atoms with van der Waals surface area (Å²) in [6.07, 6.45) is 12.0. The molecule has 2 heterocycles. The van der Waals surface area contributed by atoms with Crippen molar-refractivity contribution in [3.63, 3.8) is 0 Å². The number of carbonyl (C=O) groups excluding carboxylic acids is 8. The van der Waals surface area contributed by atoms with Crippen LogP contribution in [0.15, 0.2) is 143 Å². The number of ether oxygens (including phenoxy) is 4. The van der Waals surface area contributed by atoms with E-state index in [0.29, 0.717) is 64.7 Å². The number of carbonyl (C=O) groups is 8. The summed E-state index contributed by atoms with van der Waals surface area (Å²) in [5, 5.41) is 0.163. The van der Waals surface area contributed by atoms with E-state index >= 15 is 19.2 Å². The third-order valence-electron chi connectivity index (χ3n) is 19.8. The van der Waals surface area contributed by atoms with Gasteiger partial charge in [0.1, 0.15) is 37.1 Å². The predicted octanol–water partition coefficient (Wildman–Crippen LogP) is 12.1. The summed E-state index contributed by atoms with van der Waals surface area (Å²) >= 11 is 2.09. The first-order valence-electron chi connectivity index (χ1n) is 30.2. The molecule has 0 N–H and O–H groups in total. The summed E-state index contributed by atoms with van der Waals surface area (Å²) in [4.78, 5) is 134. The first kappa shape index (κ1) is 55.8. The Morgan fingerprint density at radius 3 is 1.15 bits per heavy atom. The second-order valence-corrected chi connectivity index (χ2v) is 26.6. The van der Waals surface area contributed by atoms with E-state index in [1.165, 1.54) is 12.1 Å². The molecule has 6 saturated carbocycles. The third-order valence-corrected chi connectivity index (χ3v) is 22.1. The number of nitrogens with zero attached hydrogens (tertiary/aromatic N) is 2. The zero-order chi connectivity index (χ0) is 58.8. The van der Waals surface area contributed by atoms with Crippen LogP contribution in [0.4, 0.5) is 5.00 Å². The van der Waals surface area contributed by atoms with Gasteiger partial charge >= 0.3 is 23.9 Å². The van der Waals surface area contributed by atoms with E-state index in [9.17, 15) is 19.2 Å². The number of aliphatic imine (C=N–C) groups is 2. The molecule has 0 amide bonds. The highest BCUT2D eigenvalue weighted by atomic mass is 32.1. The molecule has 2 aromatic heterocycles. The number of fused-ring (bicyclic) bond motifs is 9. The molecule has 16 heteroatoms. The average Bonchev–Trinajstić information content (AvgIpc) is 1.50. The van der Waals surface area contributed by atoms with Gasteiger partial charge in [0.05, 0.1) is 15.5 Å². The van der Waals surface area contributed by atoms with Crippen LogP contribution in [0.1, 0.15) is 121 Å². The molecule has 0 bridgehead atoms. The maximum Gasteiger partial charge on any atom is 0.334 e. The molecule has 0 radical (unpaired) electrons. The van der Waals surface area contributed by atoms with E-state index < -0.39 is 69.9 Å². The zero-order valence-corrected chi connectivity index (χ0v) is 48.9. The van der Waals surface area contributed by atoms with Crippen LogP contribution in [0.25, 0.3) is 15.8 Å². The number of ketones is 4. The highest BCUT2D eigenvalue weighted by Gasteiger charge is 2.69. The Morgan fingerprint density at radius 2 is 0.779 bits per heavy atom. The fraction of sp³-hybridized carbons (Fsp3) is 0.371. The summed E-state index contributed by atoms with van der Waals surface area (Å²) in [7, 11) is 0. The average molecular weight is 1190 g/mol. The Bertz CT molecular complexity index is 3680. The summed E-state index contributed by atoms with van der Waals surface area (Å²) in [5.41, 5.74) is -4.44. The lowest BCUT2D eigenvalue weighted by Gasteiger charge is -2.39. The van der Waals surface area contributed by atoms with Crippen LogP contribution in [0.3, 0.4) is 0 Å². The van der Waals surface area contributed by atoms with Crippen molar-refractivity contribution in [3.8, 4) is 9.75 Å². The number of thiophene rings is 2. The third kappa shape index (κ3) is 9.31. The molecule has 8 aliphatic rings. The van der Waals surface area contributed by atoms with Crippen LogP contribution in [-0.4, -0.2) is 58.4 Å². The van der Waals surface area contributed by atoms with E-state index in [0.717, 1.165) is 74.0 Å². The van der Waals surface area contributed by atoms with Crippen molar-refractivity contribution in [3.05, 3.63) is 177 Å². The number of Topliss-reactive ketones (excluding diaryl/α,β-unsaturated/α-hetero) is 4. The minimum Gasteiger partial charge on any atom is -0.459 e. The fourth-order valence-electron chi connectivity index (χ4n) is 15.6. The van der Waals surface area contributed by atoms with Gasteiger partial charge in [-0.25, -0.2) is 9.98 Å². The number of rotatable bonds is 14. The molecule has 0 spiro atoms. The Hall–Kier alpha value is -8.08. The van der Waals surface area contributed by atoms with Crippen LogP contribution >= 0.6 is 22.7 Å². The van der Waals surface area contributed by atoms with E-state index in [1.807, 2.05) is 12.1 Å². The molecular formula is C70H62N2O12S2. The molecular weight excluding hydrogens is 1120 g/mol. The summed E-state index contributed by atoms with van der Waals surface area (Å²) in [5.74, 6) is -7.18. The Morgan fingerprint density at radius 1 is 0.430 bits per heavy atom. The SMILES string of the molecule is O=C1C(=NC2=Cc3sc4c(c3C2(C(=O)OCc2ccccc2)C(=O)OCc2ccccc2)C(C(=O)OCc2ccccc2)(C(=O)OCc2ccccc2)c2cc(N=C3C(=O)C5CC6CCCCC6CC5C3=O)sc2-4)C(=O)C2CC3CCCCC3CC12.